The zero-order valence-corrected chi connectivity index (χ0v) is 31.2. The first-order chi connectivity index (χ1) is 26.7. The van der Waals surface area contributed by atoms with Crippen LogP contribution in [0.3, 0.4) is 0 Å². The lowest BCUT2D eigenvalue weighted by Gasteiger charge is -2.49. The summed E-state index contributed by atoms with van der Waals surface area (Å²) in [4.78, 5) is 36.4. The number of carbonyl (C=O) groups excluding carboxylic acids is 3. The molecule has 15 N–H and O–H groups in total. The van der Waals surface area contributed by atoms with Crippen LogP contribution in [0.4, 0.5) is 0 Å². The van der Waals surface area contributed by atoms with Gasteiger partial charge >= 0.3 is 0 Å². The molecule has 3 saturated heterocycles. The molecule has 0 unspecified atom stereocenters. The van der Waals surface area contributed by atoms with Crippen molar-refractivity contribution in [3.63, 3.8) is 0 Å². The Bertz CT molecular complexity index is 1190. The Labute approximate surface area is 322 Å². The summed E-state index contributed by atoms with van der Waals surface area (Å²) in [5.74, 6) is -0.836. The van der Waals surface area contributed by atoms with Crippen LogP contribution in [0.15, 0.2) is 0 Å². The summed E-state index contributed by atoms with van der Waals surface area (Å²) in [6, 6.07) is -0.528. The lowest BCUT2D eigenvalue weighted by Crippen LogP contribution is -2.67. The highest BCUT2D eigenvalue weighted by atomic mass is 16.8. The highest BCUT2D eigenvalue weighted by Crippen LogP contribution is 2.33. The molecule has 3 aliphatic heterocycles. The molecular weight excluding hydrogens is 756 g/mol. The molecule has 0 radical (unpaired) electrons. The molecule has 16 atom stereocenters. The van der Waals surface area contributed by atoms with E-state index in [0.29, 0.717) is 25.8 Å². The molecule has 0 saturated carbocycles. The summed E-state index contributed by atoms with van der Waals surface area (Å²) < 4.78 is 33.8. The van der Waals surface area contributed by atoms with Crippen molar-refractivity contribution in [2.45, 2.75) is 150 Å². The van der Waals surface area contributed by atoms with E-state index in [1.54, 1.807) is 0 Å². The lowest BCUT2D eigenvalue weighted by atomic mass is 9.96. The van der Waals surface area contributed by atoms with Crippen LogP contribution >= 0.6 is 0 Å². The third-order valence-corrected chi connectivity index (χ3v) is 9.66. The molecule has 0 aliphatic carbocycles. The highest BCUT2D eigenvalue weighted by Gasteiger charge is 2.54. The summed E-state index contributed by atoms with van der Waals surface area (Å²) in [5, 5.41) is 106. The maximum Gasteiger partial charge on any atom is 0.234 e. The minimum atomic E-state index is -1.94. The summed E-state index contributed by atoms with van der Waals surface area (Å²) in [6.07, 6.45) is -23.0. The number of aliphatic hydroxyl groups is 10. The van der Waals surface area contributed by atoms with Gasteiger partial charge in [-0.3, -0.25) is 19.8 Å². The van der Waals surface area contributed by atoms with Gasteiger partial charge in [-0.15, -0.1) is 0 Å². The van der Waals surface area contributed by atoms with Crippen LogP contribution in [0.5, 0.6) is 0 Å². The van der Waals surface area contributed by atoms with Gasteiger partial charge in [-0.1, -0.05) is 6.42 Å². The fourth-order valence-electron chi connectivity index (χ4n) is 6.29. The van der Waals surface area contributed by atoms with Crippen molar-refractivity contribution in [3.8, 4) is 0 Å². The van der Waals surface area contributed by atoms with Gasteiger partial charge in [0.25, 0.3) is 0 Å². The third-order valence-electron chi connectivity index (χ3n) is 9.66. The predicted molar refractivity (Wildman–Crippen MR) is 185 cm³/mol. The molecule has 326 valence electrons. The smallest absolute Gasteiger partial charge is 0.234 e. The van der Waals surface area contributed by atoms with Gasteiger partial charge in [-0.2, -0.15) is 0 Å². The zero-order chi connectivity index (χ0) is 41.5. The van der Waals surface area contributed by atoms with Crippen LogP contribution in [0, 0.1) is 0 Å². The number of ketones is 1. The van der Waals surface area contributed by atoms with Crippen LogP contribution in [-0.2, 0) is 42.8 Å². The summed E-state index contributed by atoms with van der Waals surface area (Å²) in [7, 11) is 0. The Morgan fingerprint density at radius 3 is 1.68 bits per heavy atom. The number of unbranched alkanes of at least 4 members (excludes halogenated alkanes) is 2. The number of carbonyl (C=O) groups is 3. The number of rotatable bonds is 23. The van der Waals surface area contributed by atoms with Crippen LogP contribution in [0.1, 0.15) is 51.9 Å². The number of aliphatic hydroxyl groups excluding tert-OH is 10. The molecule has 56 heavy (non-hydrogen) atoms. The molecule has 0 aromatic carbocycles. The maximum atomic E-state index is 12.4. The molecule has 0 aromatic heterocycles. The number of Topliss-reactive ketones (excluding diaryl/α,β-unsaturated/α-hetero) is 1. The van der Waals surface area contributed by atoms with Gasteiger partial charge in [0.05, 0.1) is 32.5 Å². The van der Waals surface area contributed by atoms with E-state index in [0.717, 1.165) is 12.8 Å². The average molecular weight is 817 g/mol. The van der Waals surface area contributed by atoms with E-state index < -0.39 is 118 Å². The zero-order valence-electron chi connectivity index (χ0n) is 31.2. The first kappa shape index (κ1) is 48.3. The Balaban J connectivity index is 1.56. The highest BCUT2D eigenvalue weighted by molar-refractivity contribution is 5.82. The van der Waals surface area contributed by atoms with Crippen molar-refractivity contribution in [3.05, 3.63) is 0 Å². The number of hydrazine groups is 1. The van der Waals surface area contributed by atoms with E-state index in [1.165, 1.54) is 6.92 Å². The van der Waals surface area contributed by atoms with Crippen molar-refractivity contribution in [1.82, 2.24) is 16.2 Å². The van der Waals surface area contributed by atoms with Gasteiger partial charge in [-0.25, -0.2) is 5.43 Å². The van der Waals surface area contributed by atoms with Gasteiger partial charge in [0.2, 0.25) is 11.8 Å². The molecule has 2 amide bonds. The largest absolute Gasteiger partial charge is 0.394 e. The molecule has 0 spiro atoms. The first-order valence-corrected chi connectivity index (χ1v) is 18.7. The maximum absolute atomic E-state index is 12.4. The molecule has 3 aliphatic rings. The molecule has 23 heteroatoms. The molecular formula is C33H60N4O19. The minimum absolute atomic E-state index is 0.0665. The Morgan fingerprint density at radius 2 is 1.16 bits per heavy atom. The Morgan fingerprint density at radius 1 is 0.643 bits per heavy atom. The minimum Gasteiger partial charge on any atom is -0.394 e. The van der Waals surface area contributed by atoms with E-state index in [9.17, 15) is 65.4 Å². The number of hydrogen-bond acceptors (Lipinski definition) is 21. The van der Waals surface area contributed by atoms with Crippen molar-refractivity contribution in [2.75, 3.05) is 39.5 Å². The van der Waals surface area contributed by atoms with Crippen molar-refractivity contribution >= 4 is 17.6 Å². The van der Waals surface area contributed by atoms with Crippen molar-refractivity contribution in [1.29, 1.82) is 0 Å². The number of nitrogens with one attached hydrogen (secondary N) is 3. The molecule has 3 heterocycles. The number of nitrogens with two attached hydrogens (primary N) is 1. The van der Waals surface area contributed by atoms with Crippen LogP contribution in [0.25, 0.3) is 0 Å². The Hall–Kier alpha value is -2.11. The van der Waals surface area contributed by atoms with E-state index in [2.05, 4.69) is 16.2 Å². The van der Waals surface area contributed by atoms with Gasteiger partial charge in [0, 0.05) is 19.4 Å². The number of hydrogen-bond donors (Lipinski definition) is 14. The average Bonchev–Trinajstić information content (AvgIpc) is 3.18. The Kier molecular flexibility index (Phi) is 20.8. The fraction of sp³-hybridized carbons (Fsp3) is 0.909. The van der Waals surface area contributed by atoms with Crippen molar-refractivity contribution in [2.24, 2.45) is 5.73 Å². The quantitative estimate of drug-likeness (QED) is 0.0336. The van der Waals surface area contributed by atoms with Gasteiger partial charge in [0.15, 0.2) is 18.9 Å². The molecule has 3 rings (SSSR count). The standard InChI is InChI=1S/C33H60N4O19/c1-15(41)16(6-4-5-9-34)36-37-21(43)8-3-2-7-20(42)35-10-11-51-31-28(50)30(56-33-27(49)25(47)23(45)18(13-39)53-33)29(19(14-40)54-31)55-32-26(48)24(46)22(44)17(12-38)52-32/h16-19,22-33,36,38-40,44-50H,2-14,34H2,1H3,(H,35,42)(H,37,43)/t16-,17+,18+,19+,22+,23+,24-,25-,26-,27-,28-,29+,30+,31-,32+,33+/m0/s1. The molecule has 3 fully saturated rings. The van der Waals surface area contributed by atoms with Gasteiger partial charge < -0.3 is 90.5 Å². The van der Waals surface area contributed by atoms with Crippen molar-refractivity contribution < 1.29 is 93.9 Å². The summed E-state index contributed by atoms with van der Waals surface area (Å²) in [6.45, 7) is -0.874. The van der Waals surface area contributed by atoms with E-state index in [4.69, 9.17) is 34.2 Å². The summed E-state index contributed by atoms with van der Waals surface area (Å²) >= 11 is 0. The second-order valence-electron chi connectivity index (χ2n) is 13.9. The fourth-order valence-corrected chi connectivity index (χ4v) is 6.29. The topological polar surface area (TPSA) is 371 Å². The predicted octanol–water partition coefficient (Wildman–Crippen LogP) is -7.16. The van der Waals surface area contributed by atoms with Crippen LogP contribution in [-0.4, -0.2) is 206 Å². The third kappa shape index (κ3) is 13.5. The monoisotopic (exact) mass is 816 g/mol. The van der Waals surface area contributed by atoms with E-state index in [-0.39, 0.29) is 43.6 Å². The van der Waals surface area contributed by atoms with E-state index in [1.807, 2.05) is 0 Å². The van der Waals surface area contributed by atoms with E-state index >= 15 is 0 Å². The molecule has 0 aromatic rings. The molecule has 23 nitrogen and oxygen atoms in total. The normalized spacial score (nSPS) is 36.8. The lowest BCUT2D eigenvalue weighted by molar-refractivity contribution is -0.387. The first-order valence-electron chi connectivity index (χ1n) is 18.7. The van der Waals surface area contributed by atoms with Crippen LogP contribution < -0.4 is 21.9 Å². The molecule has 0 bridgehead atoms. The summed E-state index contributed by atoms with van der Waals surface area (Å²) in [5.41, 5.74) is 10.7. The van der Waals surface area contributed by atoms with Gasteiger partial charge in [-0.05, 0) is 39.2 Å². The SMILES string of the molecule is CC(=O)[C@H](CCCCN)NNC(=O)CCCCC(=O)NCCO[C@H]1O[C@H](CO)[C@@H](O[C@H]2O[C@H](CO)[C@@H](O)[C@H](O)[C@@H]2O)[C@H](O[C@H]2O[C@H](CO)[C@@H](O)[C@H](O)[C@@H]2O)[C@@H]1O. The second-order valence-corrected chi connectivity index (χ2v) is 13.9. The number of amides is 2. The van der Waals surface area contributed by atoms with Gasteiger partial charge in [0.1, 0.15) is 79.0 Å². The second kappa shape index (κ2) is 24.1. The van der Waals surface area contributed by atoms with Crippen LogP contribution in [0.2, 0.25) is 0 Å². The number of ether oxygens (including phenoxy) is 6.